The SMILES string of the molecule is C=C(C)[C@@H](C)[C@H](CC)C(=O)Nc1c(C)cc2ccccc2c1-c1c(OC)ccc2ccccc12. The van der Waals surface area contributed by atoms with Crippen molar-refractivity contribution in [3.63, 3.8) is 0 Å². The molecule has 0 aliphatic heterocycles. The van der Waals surface area contributed by atoms with Crippen LogP contribution in [0.2, 0.25) is 0 Å². The van der Waals surface area contributed by atoms with Crippen LogP contribution in [0.15, 0.2) is 78.9 Å². The lowest BCUT2D eigenvalue weighted by atomic mass is 9.85. The smallest absolute Gasteiger partial charge is 0.228 e. The van der Waals surface area contributed by atoms with Gasteiger partial charge in [-0.05, 0) is 65.4 Å². The Balaban J connectivity index is 2.02. The van der Waals surface area contributed by atoms with Crippen molar-refractivity contribution in [3.05, 3.63) is 84.4 Å². The molecule has 0 radical (unpaired) electrons. The summed E-state index contributed by atoms with van der Waals surface area (Å²) in [6.07, 6.45) is 0.749. The number of fused-ring (bicyclic) bond motifs is 2. The molecular formula is C31H33NO2. The third-order valence-electron chi connectivity index (χ3n) is 7.01. The molecule has 4 rings (SSSR count). The Kier molecular flexibility index (Phi) is 6.74. The third kappa shape index (κ3) is 4.19. The number of rotatable bonds is 7. The van der Waals surface area contributed by atoms with E-state index in [0.717, 1.165) is 61.7 Å². The molecule has 0 saturated carbocycles. The number of anilines is 1. The number of nitrogens with one attached hydrogen (secondary N) is 1. The second-order valence-corrected chi connectivity index (χ2v) is 9.17. The molecule has 174 valence electrons. The average Bonchev–Trinajstić information content (AvgIpc) is 2.84. The van der Waals surface area contributed by atoms with E-state index in [2.05, 4.69) is 69.1 Å². The lowest BCUT2D eigenvalue weighted by Crippen LogP contribution is -2.28. The highest BCUT2D eigenvalue weighted by atomic mass is 16.5. The second-order valence-electron chi connectivity index (χ2n) is 9.17. The van der Waals surface area contributed by atoms with Crippen LogP contribution in [0.25, 0.3) is 32.7 Å². The summed E-state index contributed by atoms with van der Waals surface area (Å²) in [7, 11) is 1.70. The van der Waals surface area contributed by atoms with E-state index in [1.165, 1.54) is 0 Å². The van der Waals surface area contributed by atoms with Gasteiger partial charge in [-0.15, -0.1) is 0 Å². The van der Waals surface area contributed by atoms with Crippen molar-refractivity contribution in [2.24, 2.45) is 11.8 Å². The van der Waals surface area contributed by atoms with Crippen molar-refractivity contribution in [1.29, 1.82) is 0 Å². The van der Waals surface area contributed by atoms with Crippen LogP contribution in [0.1, 0.15) is 32.8 Å². The van der Waals surface area contributed by atoms with E-state index in [4.69, 9.17) is 4.74 Å². The van der Waals surface area contributed by atoms with Crippen LogP contribution in [0.4, 0.5) is 5.69 Å². The van der Waals surface area contributed by atoms with Crippen LogP contribution >= 0.6 is 0 Å². The molecule has 0 spiro atoms. The van der Waals surface area contributed by atoms with Gasteiger partial charge in [-0.25, -0.2) is 0 Å². The molecule has 1 N–H and O–H groups in total. The van der Waals surface area contributed by atoms with Crippen LogP contribution in [-0.2, 0) is 4.79 Å². The number of carbonyl (C=O) groups is 1. The third-order valence-corrected chi connectivity index (χ3v) is 7.01. The Bertz CT molecular complexity index is 1390. The minimum atomic E-state index is -0.148. The average molecular weight is 452 g/mol. The van der Waals surface area contributed by atoms with Crippen LogP contribution < -0.4 is 10.1 Å². The number of ether oxygens (including phenoxy) is 1. The van der Waals surface area contributed by atoms with Crippen LogP contribution in [0.5, 0.6) is 5.75 Å². The summed E-state index contributed by atoms with van der Waals surface area (Å²) < 4.78 is 5.87. The van der Waals surface area contributed by atoms with Gasteiger partial charge in [0, 0.05) is 17.0 Å². The minimum Gasteiger partial charge on any atom is -0.496 e. The summed E-state index contributed by atoms with van der Waals surface area (Å²) in [5.41, 5.74) is 4.88. The quantitative estimate of drug-likeness (QED) is 0.288. The van der Waals surface area contributed by atoms with Crippen molar-refractivity contribution < 1.29 is 9.53 Å². The van der Waals surface area contributed by atoms with E-state index in [0.29, 0.717) is 0 Å². The fourth-order valence-electron chi connectivity index (χ4n) is 4.91. The minimum absolute atomic E-state index is 0.0248. The molecule has 2 atom stereocenters. The summed E-state index contributed by atoms with van der Waals surface area (Å²) in [5, 5.41) is 7.77. The molecule has 0 aromatic heterocycles. The molecule has 3 heteroatoms. The fourth-order valence-corrected chi connectivity index (χ4v) is 4.91. The van der Waals surface area contributed by atoms with Crippen molar-refractivity contribution >= 4 is 33.1 Å². The number of aryl methyl sites for hydroxylation is 1. The molecule has 0 fully saturated rings. The topological polar surface area (TPSA) is 38.3 Å². The first-order valence-corrected chi connectivity index (χ1v) is 11.9. The van der Waals surface area contributed by atoms with E-state index in [-0.39, 0.29) is 17.7 Å². The fraction of sp³-hybridized carbons (Fsp3) is 0.258. The molecule has 0 aliphatic carbocycles. The van der Waals surface area contributed by atoms with Gasteiger partial charge in [0.2, 0.25) is 5.91 Å². The van der Waals surface area contributed by atoms with E-state index >= 15 is 0 Å². The molecule has 4 aromatic rings. The van der Waals surface area contributed by atoms with Gasteiger partial charge >= 0.3 is 0 Å². The summed E-state index contributed by atoms with van der Waals surface area (Å²) >= 11 is 0. The van der Waals surface area contributed by atoms with E-state index in [1.807, 2.05) is 37.3 Å². The van der Waals surface area contributed by atoms with Crippen molar-refractivity contribution in [1.82, 2.24) is 0 Å². The second kappa shape index (κ2) is 9.72. The monoisotopic (exact) mass is 451 g/mol. The van der Waals surface area contributed by atoms with Gasteiger partial charge in [0.15, 0.2) is 0 Å². The molecule has 0 unspecified atom stereocenters. The highest BCUT2D eigenvalue weighted by Gasteiger charge is 2.27. The zero-order valence-electron chi connectivity index (χ0n) is 20.7. The Morgan fingerprint density at radius 2 is 1.59 bits per heavy atom. The molecule has 0 bridgehead atoms. The molecule has 34 heavy (non-hydrogen) atoms. The normalized spacial score (nSPS) is 13.0. The Morgan fingerprint density at radius 1 is 0.971 bits per heavy atom. The Hall–Kier alpha value is -3.59. The number of benzene rings is 4. The molecular weight excluding hydrogens is 418 g/mol. The number of carbonyl (C=O) groups excluding carboxylic acids is 1. The van der Waals surface area contributed by atoms with Gasteiger partial charge < -0.3 is 10.1 Å². The van der Waals surface area contributed by atoms with Gasteiger partial charge in [0.1, 0.15) is 5.75 Å². The highest BCUT2D eigenvalue weighted by molar-refractivity contribution is 6.14. The summed E-state index contributed by atoms with van der Waals surface area (Å²) in [6, 6.07) is 22.9. The summed E-state index contributed by atoms with van der Waals surface area (Å²) in [5.74, 6) is 0.760. The number of hydrogen-bond acceptors (Lipinski definition) is 2. The molecule has 0 aliphatic rings. The van der Waals surface area contributed by atoms with Crippen molar-refractivity contribution in [2.45, 2.75) is 34.1 Å². The lowest BCUT2D eigenvalue weighted by Gasteiger charge is -2.25. The molecule has 3 nitrogen and oxygen atoms in total. The number of allylic oxidation sites excluding steroid dienone is 1. The van der Waals surface area contributed by atoms with E-state index < -0.39 is 0 Å². The summed E-state index contributed by atoms with van der Waals surface area (Å²) in [4.78, 5) is 13.6. The van der Waals surface area contributed by atoms with Gasteiger partial charge in [0.05, 0.1) is 12.8 Å². The Labute approximate surface area is 202 Å². The first kappa shape index (κ1) is 23.6. The standard InChI is InChI=1S/C31H33NO2/c1-7-24(21(5)19(2)3)31(33)32-30-20(4)18-23-13-9-11-15-26(23)29(30)28-25-14-10-8-12-22(25)16-17-27(28)34-6/h8-18,21,24H,2,7H2,1,3-6H3,(H,32,33)/t21-,24+/m1/s1. The van der Waals surface area contributed by atoms with Crippen molar-refractivity contribution in [3.8, 4) is 16.9 Å². The molecule has 0 heterocycles. The summed E-state index contributed by atoms with van der Waals surface area (Å²) in [6.45, 7) is 12.3. The van der Waals surface area contributed by atoms with Gasteiger partial charge in [-0.1, -0.05) is 80.6 Å². The molecule has 4 aromatic carbocycles. The van der Waals surface area contributed by atoms with E-state index in [1.54, 1.807) is 7.11 Å². The number of hydrogen-bond donors (Lipinski definition) is 1. The predicted octanol–water partition coefficient (Wildman–Crippen LogP) is 8.15. The number of amides is 1. The molecule has 0 saturated heterocycles. The Morgan fingerprint density at radius 3 is 2.21 bits per heavy atom. The van der Waals surface area contributed by atoms with E-state index in [9.17, 15) is 4.79 Å². The highest BCUT2D eigenvalue weighted by Crippen LogP contribution is 2.46. The van der Waals surface area contributed by atoms with Crippen LogP contribution in [0, 0.1) is 18.8 Å². The van der Waals surface area contributed by atoms with Crippen LogP contribution in [-0.4, -0.2) is 13.0 Å². The lowest BCUT2D eigenvalue weighted by molar-refractivity contribution is -0.121. The largest absolute Gasteiger partial charge is 0.496 e. The van der Waals surface area contributed by atoms with Gasteiger partial charge in [-0.3, -0.25) is 4.79 Å². The van der Waals surface area contributed by atoms with Gasteiger partial charge in [-0.2, -0.15) is 0 Å². The first-order valence-electron chi connectivity index (χ1n) is 11.9. The zero-order chi connectivity index (χ0) is 24.4. The maximum Gasteiger partial charge on any atom is 0.228 e. The maximum atomic E-state index is 13.6. The van der Waals surface area contributed by atoms with Crippen molar-refractivity contribution in [2.75, 3.05) is 12.4 Å². The van der Waals surface area contributed by atoms with Gasteiger partial charge in [0.25, 0.3) is 0 Å². The first-order chi connectivity index (χ1) is 16.4. The number of methoxy groups -OCH3 is 1. The predicted molar refractivity (Wildman–Crippen MR) is 145 cm³/mol. The molecule has 1 amide bonds. The maximum absolute atomic E-state index is 13.6. The zero-order valence-corrected chi connectivity index (χ0v) is 20.7. The van der Waals surface area contributed by atoms with Crippen LogP contribution in [0.3, 0.4) is 0 Å².